The summed E-state index contributed by atoms with van der Waals surface area (Å²) >= 11 is 7.25. The number of carbonyl (C=O) groups excluding carboxylic acids is 1. The number of thiazole rings is 1. The summed E-state index contributed by atoms with van der Waals surface area (Å²) in [6.45, 7) is 0.157. The van der Waals surface area contributed by atoms with E-state index in [0.29, 0.717) is 15.9 Å². The molecular formula is C20H19ClN4O6S. The van der Waals surface area contributed by atoms with Gasteiger partial charge in [-0.25, -0.2) is 14.5 Å². The first-order valence-electron chi connectivity index (χ1n) is 9.81. The molecule has 6 atom stereocenters. The zero-order valence-corrected chi connectivity index (χ0v) is 18.3. The van der Waals surface area contributed by atoms with Gasteiger partial charge in [-0.3, -0.25) is 0 Å². The average Bonchev–Trinajstić information content (AvgIpc) is 3.47. The maximum absolute atomic E-state index is 12.3. The number of aliphatic hydroxyl groups excluding tert-OH is 1. The van der Waals surface area contributed by atoms with Crippen molar-refractivity contribution in [3.8, 4) is 10.7 Å². The van der Waals surface area contributed by atoms with Gasteiger partial charge in [-0.05, 0) is 0 Å². The molecule has 2 aliphatic heterocycles. The Morgan fingerprint density at radius 2 is 2.12 bits per heavy atom. The molecule has 0 bridgehead atoms. The van der Waals surface area contributed by atoms with Crippen molar-refractivity contribution in [2.75, 3.05) is 13.7 Å². The molecule has 5 rings (SSSR count). The predicted octanol–water partition coefficient (Wildman–Crippen LogP) is 2.01. The summed E-state index contributed by atoms with van der Waals surface area (Å²) < 4.78 is 24.2. The maximum atomic E-state index is 12.3. The van der Waals surface area contributed by atoms with Crippen molar-refractivity contribution in [2.45, 2.75) is 36.7 Å². The molecule has 4 unspecified atom stereocenters. The van der Waals surface area contributed by atoms with Crippen molar-refractivity contribution >= 4 is 28.9 Å². The summed E-state index contributed by atoms with van der Waals surface area (Å²) in [4.78, 5) is 16.5. The molecule has 12 heteroatoms. The summed E-state index contributed by atoms with van der Waals surface area (Å²) in [6.07, 6.45) is -2.85. The lowest BCUT2D eigenvalue weighted by molar-refractivity contribution is -0.314. The van der Waals surface area contributed by atoms with Crippen LogP contribution in [0.4, 0.5) is 0 Å². The fourth-order valence-corrected chi connectivity index (χ4v) is 4.80. The number of halogens is 1. The third-order valence-electron chi connectivity index (χ3n) is 5.39. The average molecular weight is 479 g/mol. The first-order chi connectivity index (χ1) is 15.5. The van der Waals surface area contributed by atoms with Crippen LogP contribution in [0.1, 0.15) is 17.9 Å². The number of rotatable bonds is 4. The molecule has 3 aromatic rings. The van der Waals surface area contributed by atoms with Crippen molar-refractivity contribution in [3.05, 3.63) is 52.6 Å². The van der Waals surface area contributed by atoms with Gasteiger partial charge < -0.3 is 24.1 Å². The Hall–Kier alpha value is -2.41. The minimum absolute atomic E-state index is 0.157. The monoisotopic (exact) mass is 478 g/mol. The van der Waals surface area contributed by atoms with E-state index in [4.69, 9.17) is 30.5 Å². The molecule has 0 saturated carbocycles. The van der Waals surface area contributed by atoms with Crippen molar-refractivity contribution in [1.82, 2.24) is 20.0 Å². The van der Waals surface area contributed by atoms with Crippen molar-refractivity contribution in [3.63, 3.8) is 0 Å². The van der Waals surface area contributed by atoms with E-state index in [9.17, 15) is 9.90 Å². The van der Waals surface area contributed by atoms with E-state index >= 15 is 0 Å². The van der Waals surface area contributed by atoms with Gasteiger partial charge in [-0.1, -0.05) is 47.1 Å². The molecule has 4 heterocycles. The molecule has 0 radical (unpaired) electrons. The molecule has 2 saturated heterocycles. The highest BCUT2D eigenvalue weighted by Crippen LogP contribution is 2.39. The van der Waals surface area contributed by atoms with Crippen LogP contribution in [0.15, 0.2) is 41.9 Å². The summed E-state index contributed by atoms with van der Waals surface area (Å²) in [5, 5.41) is 22.1. The van der Waals surface area contributed by atoms with Crippen LogP contribution in [0.25, 0.3) is 10.7 Å². The normalized spacial score (nSPS) is 30.0. The molecule has 168 valence electrons. The Labute approximate surface area is 191 Å². The number of ether oxygens (including phenoxy) is 4. The number of methoxy groups -OCH3 is 1. The van der Waals surface area contributed by atoms with Gasteiger partial charge in [-0.15, -0.1) is 16.4 Å². The zero-order valence-electron chi connectivity index (χ0n) is 16.8. The number of nitrogens with zero attached hydrogens (tertiary/aromatic N) is 4. The molecule has 0 amide bonds. The summed E-state index contributed by atoms with van der Waals surface area (Å²) in [7, 11) is 1.23. The number of esters is 1. The number of aliphatic hydroxyl groups is 1. The standard InChI is InChI=1S/C20H19ClN4O6S/c1-28-19(27)17-15(26)14(25-7-11(23-24-25)18-22-13(21)9-32-18)16-12(30-17)8-29-20(31-16)10-5-3-2-4-6-10/h2-7,9,12,14-17,20,26H,8H2,1H3/t12?,14?,15?,16-,17+,20?/m0/s1. The lowest BCUT2D eigenvalue weighted by atomic mass is 9.91. The quantitative estimate of drug-likeness (QED) is 0.561. The van der Waals surface area contributed by atoms with Gasteiger partial charge in [0.1, 0.15) is 40.2 Å². The van der Waals surface area contributed by atoms with E-state index in [0.717, 1.165) is 5.56 Å². The van der Waals surface area contributed by atoms with Crippen LogP contribution in [0.2, 0.25) is 5.15 Å². The minimum atomic E-state index is -1.30. The molecule has 1 N–H and O–H groups in total. The first-order valence-corrected chi connectivity index (χ1v) is 11.1. The predicted molar refractivity (Wildman–Crippen MR) is 112 cm³/mol. The van der Waals surface area contributed by atoms with Crippen LogP contribution in [-0.2, 0) is 23.7 Å². The number of fused-ring (bicyclic) bond motifs is 1. The van der Waals surface area contributed by atoms with E-state index < -0.39 is 42.7 Å². The molecule has 0 aliphatic carbocycles. The fourth-order valence-electron chi connectivity index (χ4n) is 3.90. The molecule has 1 aromatic carbocycles. The van der Waals surface area contributed by atoms with Gasteiger partial charge in [0.15, 0.2) is 12.4 Å². The van der Waals surface area contributed by atoms with Gasteiger partial charge in [0.05, 0.1) is 19.9 Å². The molecule has 0 spiro atoms. The highest BCUT2D eigenvalue weighted by atomic mass is 35.5. The van der Waals surface area contributed by atoms with Crippen LogP contribution >= 0.6 is 22.9 Å². The number of hydrogen-bond donors (Lipinski definition) is 1. The molecule has 2 fully saturated rings. The van der Waals surface area contributed by atoms with Gasteiger partial charge in [0.2, 0.25) is 0 Å². The van der Waals surface area contributed by atoms with Crippen LogP contribution < -0.4 is 0 Å². The van der Waals surface area contributed by atoms with E-state index in [-0.39, 0.29) is 6.61 Å². The largest absolute Gasteiger partial charge is 0.467 e. The number of benzene rings is 1. The van der Waals surface area contributed by atoms with Gasteiger partial charge in [0, 0.05) is 10.9 Å². The van der Waals surface area contributed by atoms with E-state index in [1.54, 1.807) is 11.6 Å². The Kier molecular flexibility index (Phi) is 5.93. The third-order valence-corrected chi connectivity index (χ3v) is 6.58. The molecule has 2 aromatic heterocycles. The fraction of sp³-hybridized carbons (Fsp3) is 0.400. The van der Waals surface area contributed by atoms with Gasteiger partial charge in [0.25, 0.3) is 0 Å². The maximum Gasteiger partial charge on any atom is 0.337 e. The third kappa shape index (κ3) is 3.91. The summed E-state index contributed by atoms with van der Waals surface area (Å²) in [5.41, 5.74) is 1.31. The number of hydrogen-bond acceptors (Lipinski definition) is 10. The molecular weight excluding hydrogens is 460 g/mol. The number of carbonyl (C=O) groups is 1. The lowest BCUT2D eigenvalue weighted by Crippen LogP contribution is -2.61. The lowest BCUT2D eigenvalue weighted by Gasteiger charge is -2.47. The first kappa shape index (κ1) is 21.4. The van der Waals surface area contributed by atoms with Crippen LogP contribution in [-0.4, -0.2) is 69.2 Å². The van der Waals surface area contributed by atoms with E-state index in [1.807, 2.05) is 30.3 Å². The highest BCUT2D eigenvalue weighted by Gasteiger charge is 2.53. The Morgan fingerprint density at radius 3 is 2.84 bits per heavy atom. The topological polar surface area (TPSA) is 118 Å². The van der Waals surface area contributed by atoms with Crippen molar-refractivity contribution in [1.29, 1.82) is 0 Å². The minimum Gasteiger partial charge on any atom is -0.467 e. The second kappa shape index (κ2) is 8.85. The van der Waals surface area contributed by atoms with Crippen LogP contribution in [0.3, 0.4) is 0 Å². The Morgan fingerprint density at radius 1 is 1.31 bits per heavy atom. The molecule has 2 aliphatic rings. The smallest absolute Gasteiger partial charge is 0.337 e. The summed E-state index contributed by atoms with van der Waals surface area (Å²) in [6, 6.07) is 8.65. The highest BCUT2D eigenvalue weighted by molar-refractivity contribution is 7.13. The Balaban J connectivity index is 1.49. The van der Waals surface area contributed by atoms with Crippen molar-refractivity contribution < 1.29 is 28.8 Å². The molecule has 32 heavy (non-hydrogen) atoms. The van der Waals surface area contributed by atoms with E-state index in [1.165, 1.54) is 23.1 Å². The zero-order chi connectivity index (χ0) is 22.2. The van der Waals surface area contributed by atoms with Gasteiger partial charge >= 0.3 is 5.97 Å². The van der Waals surface area contributed by atoms with Crippen molar-refractivity contribution in [2.24, 2.45) is 0 Å². The number of aromatic nitrogens is 4. The van der Waals surface area contributed by atoms with Gasteiger partial charge in [-0.2, -0.15) is 0 Å². The second-order valence-electron chi connectivity index (χ2n) is 7.34. The van der Waals surface area contributed by atoms with E-state index in [2.05, 4.69) is 15.3 Å². The van der Waals surface area contributed by atoms with Crippen LogP contribution in [0.5, 0.6) is 0 Å². The SMILES string of the molecule is COC(=O)[C@@H]1OC2COC(c3ccccc3)O[C@@H]2C(n2cc(-c3nc(Cl)cs3)nn2)C1O. The second-order valence-corrected chi connectivity index (χ2v) is 8.58. The molecule has 10 nitrogen and oxygen atoms in total. The van der Waals surface area contributed by atoms with Crippen LogP contribution in [0, 0.1) is 0 Å². The summed E-state index contributed by atoms with van der Waals surface area (Å²) in [5.74, 6) is -0.696. The Bertz CT molecular complexity index is 1090.